The van der Waals surface area contributed by atoms with Crippen molar-refractivity contribution in [2.24, 2.45) is 0 Å². The van der Waals surface area contributed by atoms with Crippen molar-refractivity contribution < 1.29 is 9.90 Å². The Morgan fingerprint density at radius 3 is 2.57 bits per heavy atom. The molecule has 2 amide bonds. The number of β-amino-alcohol motifs (C(OH)–C–C–N with tert-alkyl or cyclic N) is 1. The zero-order valence-corrected chi connectivity index (χ0v) is 9.05. The molecule has 0 aromatic carbocycles. The average Bonchev–Trinajstić information content (AvgIpc) is 2.11. The minimum Gasteiger partial charge on any atom is -0.392 e. The zero-order valence-electron chi connectivity index (χ0n) is 9.05. The molecule has 83 valence electrons. The van der Waals surface area contributed by atoms with Crippen molar-refractivity contribution in [2.45, 2.75) is 25.5 Å². The van der Waals surface area contributed by atoms with Gasteiger partial charge in [-0.1, -0.05) is 0 Å². The first-order valence-corrected chi connectivity index (χ1v) is 4.59. The largest absolute Gasteiger partial charge is 0.392 e. The van der Waals surface area contributed by atoms with E-state index in [4.69, 9.17) is 5.11 Å². The Morgan fingerprint density at radius 2 is 2.14 bits per heavy atom. The molecule has 0 aromatic rings. The zero-order chi connectivity index (χ0) is 11.2. The molecule has 0 fully saturated rings. The summed E-state index contributed by atoms with van der Waals surface area (Å²) in [5, 5.41) is 17.2. The van der Waals surface area contributed by atoms with E-state index in [0.717, 1.165) is 0 Å². The van der Waals surface area contributed by atoms with Gasteiger partial charge in [-0.15, -0.1) is 0 Å². The lowest BCUT2D eigenvalue weighted by Crippen LogP contribution is -2.52. The van der Waals surface area contributed by atoms with Crippen LogP contribution in [0.5, 0.6) is 0 Å². The predicted octanol–water partition coefficient (Wildman–Crippen LogP) is -0.521. The van der Waals surface area contributed by atoms with Crippen molar-refractivity contribution in [3.63, 3.8) is 0 Å². The third-order valence-corrected chi connectivity index (χ3v) is 1.73. The molecule has 0 aromatic heterocycles. The standard InChI is InChI=1S/C9H20N3O2/c1-7(13)5-12-9(2,3)6-11-8(14)10-4/h7,12-13H,1,5-6H2,2-4H3,(H2,10,11,14). The van der Waals surface area contributed by atoms with Crippen molar-refractivity contribution in [1.29, 1.82) is 0 Å². The van der Waals surface area contributed by atoms with Gasteiger partial charge < -0.3 is 21.1 Å². The van der Waals surface area contributed by atoms with Crippen molar-refractivity contribution in [3.05, 3.63) is 6.92 Å². The molecule has 0 aliphatic heterocycles. The van der Waals surface area contributed by atoms with Crippen molar-refractivity contribution in [1.82, 2.24) is 16.0 Å². The van der Waals surface area contributed by atoms with Crippen LogP contribution in [0.15, 0.2) is 0 Å². The second-order valence-electron chi connectivity index (χ2n) is 3.85. The number of urea groups is 1. The minimum absolute atomic E-state index is 0.213. The fourth-order valence-corrected chi connectivity index (χ4v) is 0.846. The Hall–Kier alpha value is -0.810. The van der Waals surface area contributed by atoms with Crippen LogP contribution in [0.3, 0.4) is 0 Å². The van der Waals surface area contributed by atoms with Gasteiger partial charge in [0.2, 0.25) is 0 Å². The summed E-state index contributed by atoms with van der Waals surface area (Å²) in [5.41, 5.74) is -0.259. The van der Waals surface area contributed by atoms with Crippen LogP contribution in [0.25, 0.3) is 0 Å². The number of hydrogen-bond acceptors (Lipinski definition) is 3. The fraction of sp³-hybridized carbons (Fsp3) is 0.778. The van der Waals surface area contributed by atoms with Crippen molar-refractivity contribution >= 4 is 6.03 Å². The van der Waals surface area contributed by atoms with Gasteiger partial charge in [-0.05, 0) is 20.8 Å². The van der Waals surface area contributed by atoms with E-state index in [9.17, 15) is 4.79 Å². The van der Waals surface area contributed by atoms with Gasteiger partial charge in [0, 0.05) is 25.7 Å². The summed E-state index contributed by atoms with van der Waals surface area (Å²) in [6.07, 6.45) is -0.630. The van der Waals surface area contributed by atoms with E-state index in [1.165, 1.54) is 0 Å². The quantitative estimate of drug-likeness (QED) is 0.484. The number of amides is 2. The maximum Gasteiger partial charge on any atom is 0.314 e. The number of aliphatic hydroxyl groups excluding tert-OH is 1. The Morgan fingerprint density at radius 1 is 1.57 bits per heavy atom. The molecule has 0 aliphatic carbocycles. The van der Waals surface area contributed by atoms with Crippen molar-refractivity contribution in [3.8, 4) is 0 Å². The molecule has 14 heavy (non-hydrogen) atoms. The fourth-order valence-electron chi connectivity index (χ4n) is 0.846. The summed E-state index contributed by atoms with van der Waals surface area (Å²) in [6, 6.07) is -0.213. The number of carbonyl (C=O) groups excluding carboxylic acids is 1. The molecule has 4 N–H and O–H groups in total. The number of nitrogens with one attached hydrogen (secondary N) is 3. The number of rotatable bonds is 5. The molecule has 0 bridgehead atoms. The van der Waals surface area contributed by atoms with E-state index in [0.29, 0.717) is 13.1 Å². The molecule has 5 heteroatoms. The molecule has 1 atom stereocenters. The van der Waals surface area contributed by atoms with Gasteiger partial charge in [0.15, 0.2) is 0 Å². The lowest BCUT2D eigenvalue weighted by Gasteiger charge is -2.27. The molecular formula is C9H20N3O2. The van der Waals surface area contributed by atoms with Crippen LogP contribution in [0.4, 0.5) is 4.79 Å². The smallest absolute Gasteiger partial charge is 0.314 e. The molecule has 0 spiro atoms. The van der Waals surface area contributed by atoms with E-state index >= 15 is 0 Å². The topological polar surface area (TPSA) is 73.4 Å². The van der Waals surface area contributed by atoms with E-state index in [2.05, 4.69) is 22.9 Å². The first-order valence-electron chi connectivity index (χ1n) is 4.59. The van der Waals surface area contributed by atoms with Gasteiger partial charge >= 0.3 is 6.03 Å². The molecule has 1 unspecified atom stereocenters. The Kier molecular flexibility index (Phi) is 5.49. The highest BCUT2D eigenvalue weighted by molar-refractivity contribution is 5.73. The lowest BCUT2D eigenvalue weighted by atomic mass is 10.1. The Labute approximate surface area is 85.3 Å². The molecule has 1 radical (unpaired) electrons. The number of carbonyl (C=O) groups is 1. The summed E-state index contributed by atoms with van der Waals surface area (Å²) in [5.74, 6) is 0. The summed E-state index contributed by atoms with van der Waals surface area (Å²) in [4.78, 5) is 10.9. The van der Waals surface area contributed by atoms with Crippen molar-refractivity contribution in [2.75, 3.05) is 20.1 Å². The van der Waals surface area contributed by atoms with Gasteiger partial charge in [0.1, 0.15) is 0 Å². The highest BCUT2D eigenvalue weighted by atomic mass is 16.3. The second-order valence-corrected chi connectivity index (χ2v) is 3.85. The van der Waals surface area contributed by atoms with Gasteiger partial charge in [0.25, 0.3) is 0 Å². The van der Waals surface area contributed by atoms with Gasteiger partial charge in [-0.2, -0.15) is 0 Å². The Bertz CT molecular complexity index is 181. The first-order chi connectivity index (χ1) is 6.37. The highest BCUT2D eigenvalue weighted by Gasteiger charge is 2.17. The summed E-state index contributed by atoms with van der Waals surface area (Å²) >= 11 is 0. The highest BCUT2D eigenvalue weighted by Crippen LogP contribution is 1.99. The van der Waals surface area contributed by atoms with Crippen LogP contribution in [-0.4, -0.2) is 42.9 Å². The maximum absolute atomic E-state index is 10.9. The van der Waals surface area contributed by atoms with E-state index in [1.54, 1.807) is 7.05 Å². The van der Waals surface area contributed by atoms with E-state index in [1.807, 2.05) is 13.8 Å². The molecule has 5 nitrogen and oxygen atoms in total. The molecule has 0 heterocycles. The molecule has 0 rings (SSSR count). The maximum atomic E-state index is 10.9. The van der Waals surface area contributed by atoms with Crippen LogP contribution in [0, 0.1) is 6.92 Å². The molecule has 0 saturated carbocycles. The van der Waals surface area contributed by atoms with Crippen LogP contribution in [-0.2, 0) is 0 Å². The van der Waals surface area contributed by atoms with Gasteiger partial charge in [-0.25, -0.2) is 4.79 Å². The molecular weight excluding hydrogens is 182 g/mol. The van der Waals surface area contributed by atoms with Gasteiger partial charge in [-0.3, -0.25) is 0 Å². The lowest BCUT2D eigenvalue weighted by molar-refractivity contribution is 0.197. The third kappa shape index (κ3) is 6.68. The van der Waals surface area contributed by atoms with E-state index in [-0.39, 0.29) is 11.6 Å². The summed E-state index contributed by atoms with van der Waals surface area (Å²) in [6.45, 7) is 8.21. The normalized spacial score (nSPS) is 13.5. The molecule has 0 saturated heterocycles. The van der Waals surface area contributed by atoms with E-state index < -0.39 is 6.10 Å². The van der Waals surface area contributed by atoms with Crippen LogP contribution in [0.1, 0.15) is 13.8 Å². The molecule has 0 aliphatic rings. The predicted molar refractivity (Wildman–Crippen MR) is 55.9 cm³/mol. The summed E-state index contributed by atoms with van der Waals surface area (Å²) < 4.78 is 0. The van der Waals surface area contributed by atoms with Crippen LogP contribution < -0.4 is 16.0 Å². The monoisotopic (exact) mass is 202 g/mol. The first kappa shape index (κ1) is 13.2. The average molecular weight is 202 g/mol. The van der Waals surface area contributed by atoms with Crippen LogP contribution in [0.2, 0.25) is 0 Å². The Balaban J connectivity index is 3.77. The summed E-state index contributed by atoms with van der Waals surface area (Å²) in [7, 11) is 1.56. The number of aliphatic hydroxyl groups is 1. The minimum atomic E-state index is -0.630. The van der Waals surface area contributed by atoms with Gasteiger partial charge in [0.05, 0.1) is 6.10 Å². The SMILES string of the molecule is [CH2]C(O)CNC(C)(C)CNC(=O)NC. The number of hydrogen-bond donors (Lipinski definition) is 4. The van der Waals surface area contributed by atoms with Crippen LogP contribution >= 0.6 is 0 Å². The second kappa shape index (κ2) is 5.82. The third-order valence-electron chi connectivity index (χ3n) is 1.73.